The maximum atomic E-state index is 12.4. The number of nitrogens with zero attached hydrogens (tertiary/aromatic N) is 2. The molecule has 6 nitrogen and oxygen atoms in total. The summed E-state index contributed by atoms with van der Waals surface area (Å²) in [5.41, 5.74) is 1.04. The highest BCUT2D eigenvalue weighted by molar-refractivity contribution is 7.92. The van der Waals surface area contributed by atoms with E-state index >= 15 is 0 Å². The van der Waals surface area contributed by atoms with Crippen LogP contribution in [0.3, 0.4) is 0 Å². The Kier molecular flexibility index (Phi) is 3.63. The molecule has 0 saturated carbocycles. The van der Waals surface area contributed by atoms with E-state index in [0.717, 1.165) is 11.3 Å². The molecule has 0 radical (unpaired) electrons. The number of non-ortho nitro benzene ring substituents is 1. The summed E-state index contributed by atoms with van der Waals surface area (Å²) < 4.78 is 25.3. The van der Waals surface area contributed by atoms with Gasteiger partial charge in [-0.05, 0) is 11.6 Å². The van der Waals surface area contributed by atoms with Crippen LogP contribution in [-0.2, 0) is 15.6 Å². The van der Waals surface area contributed by atoms with Crippen molar-refractivity contribution in [2.45, 2.75) is 10.1 Å². The van der Waals surface area contributed by atoms with Gasteiger partial charge >= 0.3 is 0 Å². The molecule has 0 atom stereocenters. The molecule has 0 N–H and O–H groups in total. The van der Waals surface area contributed by atoms with E-state index < -0.39 is 14.8 Å². The van der Waals surface area contributed by atoms with Crippen molar-refractivity contribution in [3.8, 4) is 0 Å². The number of hydrogen-bond donors (Lipinski definition) is 0. The Bertz CT molecular complexity index is 949. The summed E-state index contributed by atoms with van der Waals surface area (Å²) in [5, 5.41) is 10.8. The Labute approximate surface area is 130 Å². The van der Waals surface area contributed by atoms with E-state index in [1.54, 1.807) is 24.3 Å². The van der Waals surface area contributed by atoms with Crippen molar-refractivity contribution in [3.05, 3.63) is 64.2 Å². The first-order valence-electron chi connectivity index (χ1n) is 6.27. The van der Waals surface area contributed by atoms with Gasteiger partial charge in [0.15, 0.2) is 0 Å². The average molecular weight is 334 g/mol. The lowest BCUT2D eigenvalue weighted by atomic mass is 10.2. The quantitative estimate of drug-likeness (QED) is 0.540. The fraction of sp³-hybridized carbons (Fsp3) is 0.0714. The van der Waals surface area contributed by atoms with E-state index in [-0.39, 0.29) is 15.8 Å². The smallest absolute Gasteiger partial charge is 0.258 e. The lowest BCUT2D eigenvalue weighted by Crippen LogP contribution is -2.04. The predicted molar refractivity (Wildman–Crippen MR) is 83.6 cm³/mol. The van der Waals surface area contributed by atoms with Gasteiger partial charge in [-0.3, -0.25) is 10.1 Å². The number of hydrogen-bond acceptors (Lipinski definition) is 6. The van der Waals surface area contributed by atoms with Crippen molar-refractivity contribution in [2.24, 2.45) is 0 Å². The molecule has 0 unspecified atom stereocenters. The molecule has 0 aliphatic carbocycles. The summed E-state index contributed by atoms with van der Waals surface area (Å²) in [6, 6.07) is 12.9. The van der Waals surface area contributed by atoms with Crippen LogP contribution in [0.2, 0.25) is 0 Å². The molecule has 0 aliphatic heterocycles. The molecule has 1 heterocycles. The van der Waals surface area contributed by atoms with E-state index in [2.05, 4.69) is 4.98 Å². The summed E-state index contributed by atoms with van der Waals surface area (Å²) in [5.74, 6) is -0.143. The van der Waals surface area contributed by atoms with Crippen LogP contribution in [0.15, 0.2) is 52.9 Å². The van der Waals surface area contributed by atoms with Crippen LogP contribution in [0.25, 0.3) is 10.2 Å². The molecular weight excluding hydrogens is 324 g/mol. The van der Waals surface area contributed by atoms with Gasteiger partial charge in [0.05, 0.1) is 20.9 Å². The summed E-state index contributed by atoms with van der Waals surface area (Å²) in [7, 11) is -3.57. The maximum absolute atomic E-state index is 12.4. The van der Waals surface area contributed by atoms with E-state index in [4.69, 9.17) is 0 Å². The number of nitro groups is 1. The predicted octanol–water partition coefficient (Wildman–Crippen LogP) is 3.18. The molecule has 8 heteroatoms. The van der Waals surface area contributed by atoms with Crippen LogP contribution < -0.4 is 0 Å². The zero-order chi connectivity index (χ0) is 15.7. The number of sulfone groups is 1. The first kappa shape index (κ1) is 14.6. The molecule has 0 fully saturated rings. The largest absolute Gasteiger partial charge is 0.270 e. The standard InChI is InChI=1S/C14H10N2O4S2/c17-16(18)11-6-7-12-13(8-11)21-14(15-12)22(19,20)9-10-4-2-1-3-5-10/h1-8H,9H2. The van der Waals surface area contributed by atoms with Gasteiger partial charge in [0.1, 0.15) is 0 Å². The summed E-state index contributed by atoms with van der Waals surface area (Å²) in [6.45, 7) is 0. The van der Waals surface area contributed by atoms with Crippen molar-refractivity contribution in [3.63, 3.8) is 0 Å². The molecule has 2 aromatic carbocycles. The number of fused-ring (bicyclic) bond motifs is 1. The average Bonchev–Trinajstić information content (AvgIpc) is 2.91. The van der Waals surface area contributed by atoms with E-state index in [1.165, 1.54) is 18.2 Å². The van der Waals surface area contributed by atoms with Crippen LogP contribution in [-0.4, -0.2) is 18.3 Å². The SMILES string of the molecule is O=[N+]([O-])c1ccc2nc(S(=O)(=O)Cc3ccccc3)sc2c1. The van der Waals surface area contributed by atoms with Gasteiger partial charge in [-0.15, -0.1) is 11.3 Å². The van der Waals surface area contributed by atoms with Crippen molar-refractivity contribution in [1.29, 1.82) is 0 Å². The Hall–Kier alpha value is -2.32. The lowest BCUT2D eigenvalue weighted by Gasteiger charge is -2.00. The minimum atomic E-state index is -3.57. The molecule has 3 aromatic rings. The Morgan fingerprint density at radius 3 is 2.55 bits per heavy atom. The first-order chi connectivity index (χ1) is 10.5. The van der Waals surface area contributed by atoms with Crippen LogP contribution in [0, 0.1) is 10.1 Å². The van der Waals surface area contributed by atoms with Crippen LogP contribution in [0.4, 0.5) is 5.69 Å². The fourth-order valence-corrected chi connectivity index (χ4v) is 4.67. The van der Waals surface area contributed by atoms with Crippen molar-refractivity contribution >= 4 is 37.1 Å². The highest BCUT2D eigenvalue weighted by atomic mass is 32.2. The molecule has 0 bridgehead atoms. The molecule has 112 valence electrons. The van der Waals surface area contributed by atoms with Gasteiger partial charge in [-0.2, -0.15) is 0 Å². The van der Waals surface area contributed by atoms with E-state index in [1.807, 2.05) is 6.07 Å². The molecule has 0 spiro atoms. The number of nitro benzene ring substituents is 1. The number of benzene rings is 2. The number of thiazole rings is 1. The van der Waals surface area contributed by atoms with E-state index in [0.29, 0.717) is 15.8 Å². The van der Waals surface area contributed by atoms with Gasteiger partial charge in [-0.1, -0.05) is 30.3 Å². The Balaban J connectivity index is 2.00. The summed E-state index contributed by atoms with van der Waals surface area (Å²) >= 11 is 0.952. The minimum Gasteiger partial charge on any atom is -0.258 e. The van der Waals surface area contributed by atoms with Crippen LogP contribution in [0.1, 0.15) is 5.56 Å². The third kappa shape index (κ3) is 2.83. The molecule has 0 amide bonds. The van der Waals surface area contributed by atoms with Crippen molar-refractivity contribution in [1.82, 2.24) is 4.98 Å². The summed E-state index contributed by atoms with van der Waals surface area (Å²) in [4.78, 5) is 14.3. The van der Waals surface area contributed by atoms with Crippen molar-refractivity contribution in [2.75, 3.05) is 0 Å². The molecule has 0 aliphatic rings. The normalized spacial score (nSPS) is 11.6. The van der Waals surface area contributed by atoms with Crippen molar-refractivity contribution < 1.29 is 13.3 Å². The minimum absolute atomic E-state index is 0.0214. The molecule has 3 rings (SSSR count). The third-order valence-corrected chi connectivity index (χ3v) is 6.19. The van der Waals surface area contributed by atoms with Gasteiger partial charge in [0.2, 0.25) is 14.2 Å². The zero-order valence-electron chi connectivity index (χ0n) is 11.2. The second-order valence-electron chi connectivity index (χ2n) is 4.63. The van der Waals surface area contributed by atoms with Crippen LogP contribution in [0.5, 0.6) is 0 Å². The van der Waals surface area contributed by atoms with Gasteiger partial charge in [-0.25, -0.2) is 13.4 Å². The molecule has 22 heavy (non-hydrogen) atoms. The second-order valence-corrected chi connectivity index (χ2v) is 7.83. The van der Waals surface area contributed by atoms with E-state index in [9.17, 15) is 18.5 Å². The van der Waals surface area contributed by atoms with Gasteiger partial charge < -0.3 is 0 Å². The monoisotopic (exact) mass is 334 g/mol. The topological polar surface area (TPSA) is 90.2 Å². The number of rotatable bonds is 4. The van der Waals surface area contributed by atoms with Gasteiger partial charge in [0, 0.05) is 12.1 Å². The molecule has 0 saturated heterocycles. The third-order valence-electron chi connectivity index (χ3n) is 3.03. The second kappa shape index (κ2) is 5.47. The zero-order valence-corrected chi connectivity index (χ0v) is 12.8. The molecular formula is C14H10N2O4S2. The fourth-order valence-electron chi connectivity index (χ4n) is 1.99. The Morgan fingerprint density at radius 1 is 1.14 bits per heavy atom. The maximum Gasteiger partial charge on any atom is 0.270 e. The highest BCUT2D eigenvalue weighted by Crippen LogP contribution is 2.30. The van der Waals surface area contributed by atoms with Crippen LogP contribution >= 0.6 is 11.3 Å². The first-order valence-corrected chi connectivity index (χ1v) is 8.74. The number of aromatic nitrogens is 1. The summed E-state index contributed by atoms with van der Waals surface area (Å²) in [6.07, 6.45) is 0. The Morgan fingerprint density at radius 2 is 1.86 bits per heavy atom. The van der Waals surface area contributed by atoms with Gasteiger partial charge in [0.25, 0.3) is 5.69 Å². The lowest BCUT2D eigenvalue weighted by molar-refractivity contribution is -0.384. The highest BCUT2D eigenvalue weighted by Gasteiger charge is 2.21. The molecule has 1 aromatic heterocycles.